The van der Waals surface area contributed by atoms with E-state index in [1.54, 1.807) is 7.11 Å². The van der Waals surface area contributed by atoms with E-state index in [4.69, 9.17) is 9.84 Å². The van der Waals surface area contributed by atoms with E-state index < -0.39 is 0 Å². The third-order valence-electron chi connectivity index (χ3n) is 4.28. The lowest BCUT2D eigenvalue weighted by Gasteiger charge is -2.19. The summed E-state index contributed by atoms with van der Waals surface area (Å²) in [6.45, 7) is 4.01. The molecule has 0 fully saturated rings. The van der Waals surface area contributed by atoms with E-state index in [9.17, 15) is 4.79 Å². The molecule has 4 nitrogen and oxygen atoms in total. The molecule has 2 N–H and O–H groups in total. The number of nitrogens with one attached hydrogen (secondary N) is 1. The molecule has 0 aromatic heterocycles. The third kappa shape index (κ3) is 4.23. The minimum atomic E-state index is -0.228. The van der Waals surface area contributed by atoms with Crippen LogP contribution in [0.4, 0.5) is 0 Å². The predicted octanol–water partition coefficient (Wildman–Crippen LogP) is 3.23. The lowest BCUT2D eigenvalue weighted by Crippen LogP contribution is -2.37. The summed E-state index contributed by atoms with van der Waals surface area (Å²) in [5.74, 6) is 0.596. The molecule has 0 spiro atoms. The molecule has 0 heterocycles. The van der Waals surface area contributed by atoms with Crippen molar-refractivity contribution in [1.29, 1.82) is 0 Å². The summed E-state index contributed by atoms with van der Waals surface area (Å²) in [5, 5.41) is 14.2. The second-order valence-electron chi connectivity index (χ2n) is 5.82. The van der Waals surface area contributed by atoms with Crippen molar-refractivity contribution in [2.45, 2.75) is 38.6 Å². The third-order valence-corrected chi connectivity index (χ3v) is 4.28. The van der Waals surface area contributed by atoms with E-state index in [1.807, 2.05) is 50.2 Å². The standard InChI is InChI=1S/C19H25NO3/c1-4-17(9-10-21)20-19(22)13(2)14-5-6-16-12-18(23-3)8-7-15(16)11-14/h5-8,11-13,17,21H,4,9-10H2,1-3H3,(H,20,22)/t13-,17?/m0/s1. The molecule has 2 atom stereocenters. The lowest BCUT2D eigenvalue weighted by atomic mass is 9.96. The fourth-order valence-corrected chi connectivity index (χ4v) is 2.65. The Morgan fingerprint density at radius 1 is 1.22 bits per heavy atom. The normalized spacial score (nSPS) is 13.6. The number of amides is 1. The van der Waals surface area contributed by atoms with E-state index in [1.165, 1.54) is 0 Å². The molecule has 2 rings (SSSR count). The maximum Gasteiger partial charge on any atom is 0.227 e. The van der Waals surface area contributed by atoms with Crippen LogP contribution in [-0.4, -0.2) is 30.8 Å². The number of methoxy groups -OCH3 is 1. The van der Waals surface area contributed by atoms with Crippen molar-refractivity contribution in [3.63, 3.8) is 0 Å². The minimum absolute atomic E-state index is 0.00170. The van der Waals surface area contributed by atoms with Gasteiger partial charge in [0.2, 0.25) is 5.91 Å². The monoisotopic (exact) mass is 315 g/mol. The van der Waals surface area contributed by atoms with Crippen LogP contribution in [0.5, 0.6) is 5.75 Å². The Kier molecular flexibility index (Phi) is 5.99. The fraction of sp³-hybridized carbons (Fsp3) is 0.421. The Morgan fingerprint density at radius 2 is 1.91 bits per heavy atom. The second-order valence-corrected chi connectivity index (χ2v) is 5.82. The summed E-state index contributed by atoms with van der Waals surface area (Å²) in [7, 11) is 1.65. The zero-order valence-electron chi connectivity index (χ0n) is 14.0. The Morgan fingerprint density at radius 3 is 2.57 bits per heavy atom. The van der Waals surface area contributed by atoms with E-state index >= 15 is 0 Å². The van der Waals surface area contributed by atoms with Gasteiger partial charge in [-0.15, -0.1) is 0 Å². The first-order valence-electron chi connectivity index (χ1n) is 8.08. The molecule has 0 aliphatic carbocycles. The quantitative estimate of drug-likeness (QED) is 0.825. The van der Waals surface area contributed by atoms with Crippen molar-refractivity contribution in [1.82, 2.24) is 5.32 Å². The maximum absolute atomic E-state index is 12.4. The average Bonchev–Trinajstić information content (AvgIpc) is 2.59. The molecule has 0 bridgehead atoms. The lowest BCUT2D eigenvalue weighted by molar-refractivity contribution is -0.123. The number of carbonyl (C=O) groups is 1. The van der Waals surface area contributed by atoms with Crippen LogP contribution in [0.25, 0.3) is 10.8 Å². The highest BCUT2D eigenvalue weighted by Crippen LogP contribution is 2.25. The van der Waals surface area contributed by atoms with E-state index in [0.717, 1.165) is 28.5 Å². The van der Waals surface area contributed by atoms with Crippen LogP contribution in [0.1, 0.15) is 38.2 Å². The average molecular weight is 315 g/mol. The van der Waals surface area contributed by atoms with Crippen molar-refractivity contribution in [3.8, 4) is 5.75 Å². The zero-order chi connectivity index (χ0) is 16.8. The van der Waals surface area contributed by atoms with E-state index in [2.05, 4.69) is 5.32 Å². The first kappa shape index (κ1) is 17.3. The van der Waals surface area contributed by atoms with Gasteiger partial charge in [0.05, 0.1) is 13.0 Å². The smallest absolute Gasteiger partial charge is 0.227 e. The fourth-order valence-electron chi connectivity index (χ4n) is 2.65. The summed E-state index contributed by atoms with van der Waals surface area (Å²) in [4.78, 5) is 12.4. The molecule has 2 aromatic carbocycles. The van der Waals surface area contributed by atoms with Crippen molar-refractivity contribution in [3.05, 3.63) is 42.0 Å². The molecule has 1 unspecified atom stereocenters. The van der Waals surface area contributed by atoms with Gasteiger partial charge in [0.25, 0.3) is 0 Å². The van der Waals surface area contributed by atoms with Gasteiger partial charge in [-0.25, -0.2) is 0 Å². The molecule has 124 valence electrons. The van der Waals surface area contributed by atoms with Crippen molar-refractivity contribution in [2.75, 3.05) is 13.7 Å². The molecule has 0 aliphatic heterocycles. The van der Waals surface area contributed by atoms with Gasteiger partial charge < -0.3 is 15.2 Å². The number of hydrogen-bond acceptors (Lipinski definition) is 3. The molecule has 2 aromatic rings. The summed E-state index contributed by atoms with van der Waals surface area (Å²) < 4.78 is 5.23. The molecule has 0 aliphatic rings. The van der Waals surface area contributed by atoms with Crippen LogP contribution < -0.4 is 10.1 Å². The number of hydrogen-bond donors (Lipinski definition) is 2. The predicted molar refractivity (Wildman–Crippen MR) is 92.8 cm³/mol. The molecular weight excluding hydrogens is 290 g/mol. The van der Waals surface area contributed by atoms with Crippen molar-refractivity contribution >= 4 is 16.7 Å². The highest BCUT2D eigenvalue weighted by Gasteiger charge is 2.18. The number of aliphatic hydroxyl groups is 1. The highest BCUT2D eigenvalue weighted by molar-refractivity contribution is 5.88. The largest absolute Gasteiger partial charge is 0.497 e. The highest BCUT2D eigenvalue weighted by atomic mass is 16.5. The molecule has 1 amide bonds. The van der Waals surface area contributed by atoms with Crippen molar-refractivity contribution < 1.29 is 14.6 Å². The summed E-state index contributed by atoms with van der Waals surface area (Å²) in [5.41, 5.74) is 0.985. The molecule has 0 saturated heterocycles. The molecule has 4 heteroatoms. The van der Waals surface area contributed by atoms with Gasteiger partial charge in [0, 0.05) is 12.6 Å². The van der Waals surface area contributed by atoms with Crippen LogP contribution in [0.3, 0.4) is 0 Å². The van der Waals surface area contributed by atoms with Gasteiger partial charge in [-0.05, 0) is 48.2 Å². The summed E-state index contributed by atoms with van der Waals surface area (Å²) in [6, 6.07) is 12.0. The Labute approximate surface area is 137 Å². The van der Waals surface area contributed by atoms with Gasteiger partial charge >= 0.3 is 0 Å². The van der Waals surface area contributed by atoms with Gasteiger partial charge in [-0.1, -0.05) is 31.2 Å². The summed E-state index contributed by atoms with van der Waals surface area (Å²) >= 11 is 0. The Hall–Kier alpha value is -2.07. The van der Waals surface area contributed by atoms with E-state index in [-0.39, 0.29) is 24.5 Å². The number of rotatable bonds is 7. The van der Waals surface area contributed by atoms with Crippen molar-refractivity contribution in [2.24, 2.45) is 0 Å². The van der Waals surface area contributed by atoms with E-state index in [0.29, 0.717) is 6.42 Å². The molecule has 23 heavy (non-hydrogen) atoms. The number of ether oxygens (including phenoxy) is 1. The second kappa shape index (κ2) is 7.97. The Balaban J connectivity index is 2.16. The molecule has 0 saturated carbocycles. The first-order chi connectivity index (χ1) is 11.1. The van der Waals surface area contributed by atoms with Gasteiger partial charge in [-0.2, -0.15) is 0 Å². The topological polar surface area (TPSA) is 58.6 Å². The summed E-state index contributed by atoms with van der Waals surface area (Å²) in [6.07, 6.45) is 1.41. The Bertz CT molecular complexity index is 669. The number of carbonyl (C=O) groups excluding carboxylic acids is 1. The van der Waals surface area contributed by atoms with Crippen LogP contribution >= 0.6 is 0 Å². The first-order valence-corrected chi connectivity index (χ1v) is 8.08. The number of aliphatic hydroxyl groups excluding tert-OH is 1. The van der Waals surface area contributed by atoms with Crippen LogP contribution in [0.2, 0.25) is 0 Å². The number of fused-ring (bicyclic) bond motifs is 1. The van der Waals surface area contributed by atoms with Gasteiger partial charge in [-0.3, -0.25) is 4.79 Å². The van der Waals surface area contributed by atoms with Crippen LogP contribution in [0.15, 0.2) is 36.4 Å². The van der Waals surface area contributed by atoms with Crippen LogP contribution in [0, 0.1) is 0 Å². The molecule has 0 radical (unpaired) electrons. The zero-order valence-corrected chi connectivity index (χ0v) is 14.0. The van der Waals surface area contributed by atoms with Gasteiger partial charge in [0.15, 0.2) is 0 Å². The minimum Gasteiger partial charge on any atom is -0.497 e. The van der Waals surface area contributed by atoms with Crippen LogP contribution in [-0.2, 0) is 4.79 Å². The maximum atomic E-state index is 12.4. The number of benzene rings is 2. The molecular formula is C19H25NO3. The van der Waals surface area contributed by atoms with Gasteiger partial charge in [0.1, 0.15) is 5.75 Å². The SMILES string of the molecule is CCC(CCO)NC(=O)[C@@H](C)c1ccc2cc(OC)ccc2c1.